The van der Waals surface area contributed by atoms with E-state index < -0.39 is 0 Å². The SMILES string of the molecule is CCn1nc(C)c(Cl)c1CC(=O)c1ccc(C)s1. The van der Waals surface area contributed by atoms with Crippen molar-refractivity contribution in [2.75, 3.05) is 0 Å². The number of rotatable bonds is 4. The quantitative estimate of drug-likeness (QED) is 0.802. The average molecular weight is 283 g/mol. The highest BCUT2D eigenvalue weighted by Crippen LogP contribution is 2.23. The number of halogens is 1. The highest BCUT2D eigenvalue weighted by atomic mass is 35.5. The zero-order chi connectivity index (χ0) is 13.3. The van der Waals surface area contributed by atoms with Gasteiger partial charge in [-0.3, -0.25) is 9.48 Å². The molecular weight excluding hydrogens is 268 g/mol. The minimum absolute atomic E-state index is 0.101. The first-order chi connectivity index (χ1) is 8.52. The zero-order valence-electron chi connectivity index (χ0n) is 10.7. The summed E-state index contributed by atoms with van der Waals surface area (Å²) < 4.78 is 1.80. The van der Waals surface area contributed by atoms with Crippen LogP contribution in [0.4, 0.5) is 0 Å². The molecule has 0 aromatic carbocycles. The van der Waals surface area contributed by atoms with Crippen LogP contribution in [0, 0.1) is 13.8 Å². The first-order valence-electron chi connectivity index (χ1n) is 5.84. The van der Waals surface area contributed by atoms with Crippen LogP contribution in [0.1, 0.15) is 32.9 Å². The maximum absolute atomic E-state index is 12.2. The van der Waals surface area contributed by atoms with Gasteiger partial charge in [0, 0.05) is 11.4 Å². The highest BCUT2D eigenvalue weighted by Gasteiger charge is 2.17. The van der Waals surface area contributed by atoms with Crippen LogP contribution in [0.5, 0.6) is 0 Å². The summed E-state index contributed by atoms with van der Waals surface area (Å²) in [7, 11) is 0. The van der Waals surface area contributed by atoms with Gasteiger partial charge in [0.2, 0.25) is 0 Å². The molecule has 2 heterocycles. The molecule has 0 radical (unpaired) electrons. The maximum atomic E-state index is 12.2. The first kappa shape index (κ1) is 13.3. The third kappa shape index (κ3) is 2.49. The van der Waals surface area contributed by atoms with Gasteiger partial charge in [0.05, 0.1) is 27.7 Å². The molecule has 0 saturated heterocycles. The lowest BCUT2D eigenvalue weighted by Crippen LogP contribution is -2.09. The molecule has 0 saturated carbocycles. The number of hydrogen-bond acceptors (Lipinski definition) is 3. The fourth-order valence-corrected chi connectivity index (χ4v) is 2.87. The van der Waals surface area contributed by atoms with Crippen molar-refractivity contribution < 1.29 is 4.79 Å². The molecule has 96 valence electrons. The fraction of sp³-hybridized carbons (Fsp3) is 0.385. The predicted octanol–water partition coefficient (Wildman–Crippen LogP) is 3.66. The number of thiophene rings is 1. The second-order valence-electron chi connectivity index (χ2n) is 4.17. The number of carbonyl (C=O) groups excluding carboxylic acids is 1. The molecule has 0 N–H and O–H groups in total. The molecule has 0 atom stereocenters. The summed E-state index contributed by atoms with van der Waals surface area (Å²) >= 11 is 7.72. The molecular formula is C13H15ClN2OS. The van der Waals surface area contributed by atoms with Gasteiger partial charge in [-0.1, -0.05) is 11.6 Å². The molecule has 2 aromatic rings. The minimum Gasteiger partial charge on any atom is -0.293 e. The molecule has 18 heavy (non-hydrogen) atoms. The lowest BCUT2D eigenvalue weighted by atomic mass is 10.2. The molecule has 3 nitrogen and oxygen atoms in total. The monoisotopic (exact) mass is 282 g/mol. The van der Waals surface area contributed by atoms with E-state index in [2.05, 4.69) is 5.10 Å². The van der Waals surface area contributed by atoms with E-state index in [1.54, 1.807) is 4.68 Å². The Morgan fingerprint density at radius 2 is 2.17 bits per heavy atom. The van der Waals surface area contributed by atoms with Crippen LogP contribution >= 0.6 is 22.9 Å². The van der Waals surface area contributed by atoms with Crippen LogP contribution < -0.4 is 0 Å². The molecule has 0 amide bonds. The van der Waals surface area contributed by atoms with E-state index in [0.29, 0.717) is 11.4 Å². The van der Waals surface area contributed by atoms with Crippen LogP contribution in [0.15, 0.2) is 12.1 Å². The van der Waals surface area contributed by atoms with Gasteiger partial charge in [0.15, 0.2) is 5.78 Å². The molecule has 0 spiro atoms. The summed E-state index contributed by atoms with van der Waals surface area (Å²) in [6, 6.07) is 3.83. The van der Waals surface area contributed by atoms with Gasteiger partial charge in [0.25, 0.3) is 0 Å². The highest BCUT2D eigenvalue weighted by molar-refractivity contribution is 7.14. The Kier molecular flexibility index (Phi) is 3.88. The zero-order valence-corrected chi connectivity index (χ0v) is 12.2. The lowest BCUT2D eigenvalue weighted by molar-refractivity contribution is 0.0994. The topological polar surface area (TPSA) is 34.9 Å². The normalized spacial score (nSPS) is 10.9. The van der Waals surface area contributed by atoms with Crippen molar-refractivity contribution in [3.8, 4) is 0 Å². The van der Waals surface area contributed by atoms with Crippen molar-refractivity contribution >= 4 is 28.7 Å². The number of aryl methyl sites for hydroxylation is 3. The summed E-state index contributed by atoms with van der Waals surface area (Å²) in [6.45, 7) is 6.57. The number of hydrogen-bond donors (Lipinski definition) is 0. The van der Waals surface area contributed by atoms with E-state index in [0.717, 1.165) is 27.7 Å². The van der Waals surface area contributed by atoms with E-state index in [4.69, 9.17) is 11.6 Å². The van der Waals surface area contributed by atoms with Crippen LogP contribution in [-0.4, -0.2) is 15.6 Å². The molecule has 0 aliphatic carbocycles. The summed E-state index contributed by atoms with van der Waals surface area (Å²) in [4.78, 5) is 14.1. The van der Waals surface area contributed by atoms with E-state index >= 15 is 0 Å². The molecule has 0 aliphatic heterocycles. The van der Waals surface area contributed by atoms with Gasteiger partial charge in [-0.25, -0.2) is 0 Å². The summed E-state index contributed by atoms with van der Waals surface area (Å²) in [5.41, 5.74) is 1.59. The Hall–Kier alpha value is -1.13. The Morgan fingerprint density at radius 3 is 2.72 bits per heavy atom. The van der Waals surface area contributed by atoms with Gasteiger partial charge in [-0.2, -0.15) is 5.10 Å². The average Bonchev–Trinajstić information content (AvgIpc) is 2.88. The Bertz CT molecular complexity index is 586. The van der Waals surface area contributed by atoms with E-state index in [1.165, 1.54) is 11.3 Å². The Balaban J connectivity index is 2.26. The predicted molar refractivity (Wildman–Crippen MR) is 74.7 cm³/mol. The molecule has 0 fully saturated rings. The van der Waals surface area contributed by atoms with Crippen molar-refractivity contribution in [3.05, 3.63) is 38.3 Å². The Morgan fingerprint density at radius 1 is 1.44 bits per heavy atom. The van der Waals surface area contributed by atoms with Crippen molar-refractivity contribution in [3.63, 3.8) is 0 Å². The van der Waals surface area contributed by atoms with E-state index in [9.17, 15) is 4.79 Å². The first-order valence-corrected chi connectivity index (χ1v) is 7.03. The second kappa shape index (κ2) is 5.24. The second-order valence-corrected chi connectivity index (χ2v) is 5.84. The van der Waals surface area contributed by atoms with Crippen LogP contribution in [0.2, 0.25) is 5.02 Å². The van der Waals surface area contributed by atoms with Gasteiger partial charge >= 0.3 is 0 Å². The Labute approximate surface area is 115 Å². The lowest BCUT2D eigenvalue weighted by Gasteiger charge is -2.03. The molecule has 5 heteroatoms. The van der Waals surface area contributed by atoms with Crippen molar-refractivity contribution in [2.45, 2.75) is 33.7 Å². The number of Topliss-reactive ketones (excluding diaryl/α,β-unsaturated/α-hetero) is 1. The van der Waals surface area contributed by atoms with E-state index in [-0.39, 0.29) is 5.78 Å². The summed E-state index contributed by atoms with van der Waals surface area (Å²) in [5, 5.41) is 4.93. The minimum atomic E-state index is 0.101. The van der Waals surface area contributed by atoms with E-state index in [1.807, 2.05) is 32.9 Å². The van der Waals surface area contributed by atoms with Crippen LogP contribution in [0.3, 0.4) is 0 Å². The molecule has 0 unspecified atom stereocenters. The number of carbonyl (C=O) groups is 1. The molecule has 0 bridgehead atoms. The third-order valence-corrected chi connectivity index (χ3v) is 4.33. The smallest absolute Gasteiger partial charge is 0.178 e. The standard InChI is InChI=1S/C13H15ClN2OS/c1-4-16-10(13(14)9(3)15-16)7-11(17)12-6-5-8(2)18-12/h5-6H,4,7H2,1-3H3. The van der Waals surface area contributed by atoms with Gasteiger partial charge < -0.3 is 0 Å². The van der Waals surface area contributed by atoms with Crippen LogP contribution in [0.25, 0.3) is 0 Å². The number of aromatic nitrogens is 2. The van der Waals surface area contributed by atoms with Crippen molar-refractivity contribution in [1.82, 2.24) is 9.78 Å². The number of nitrogens with zero attached hydrogens (tertiary/aromatic N) is 2. The number of ketones is 1. The fourth-order valence-electron chi connectivity index (χ4n) is 1.86. The van der Waals surface area contributed by atoms with Gasteiger partial charge in [-0.05, 0) is 32.9 Å². The molecule has 2 rings (SSSR count). The van der Waals surface area contributed by atoms with Crippen molar-refractivity contribution in [2.24, 2.45) is 0 Å². The summed E-state index contributed by atoms with van der Waals surface area (Å²) in [5.74, 6) is 0.101. The maximum Gasteiger partial charge on any atom is 0.178 e. The van der Waals surface area contributed by atoms with Crippen molar-refractivity contribution in [1.29, 1.82) is 0 Å². The van der Waals surface area contributed by atoms with Gasteiger partial charge in [-0.15, -0.1) is 11.3 Å². The van der Waals surface area contributed by atoms with Crippen LogP contribution in [-0.2, 0) is 13.0 Å². The van der Waals surface area contributed by atoms with Gasteiger partial charge in [0.1, 0.15) is 0 Å². The summed E-state index contributed by atoms with van der Waals surface area (Å²) in [6.07, 6.45) is 0.313. The molecule has 2 aromatic heterocycles. The third-order valence-electron chi connectivity index (χ3n) is 2.80. The largest absolute Gasteiger partial charge is 0.293 e. The molecule has 0 aliphatic rings.